The first-order valence-electron chi connectivity index (χ1n) is 10.7. The summed E-state index contributed by atoms with van der Waals surface area (Å²) in [6, 6.07) is 0. The van der Waals surface area contributed by atoms with Crippen LogP contribution in [0, 0.1) is 5.92 Å². The highest BCUT2D eigenvalue weighted by Gasteiger charge is 2.25. The molecule has 168 valence electrons. The van der Waals surface area contributed by atoms with Gasteiger partial charge in [-0.1, -0.05) is 13.8 Å². The van der Waals surface area contributed by atoms with Crippen molar-refractivity contribution >= 4 is 6.29 Å². The van der Waals surface area contributed by atoms with Crippen LogP contribution in [-0.4, -0.2) is 55.6 Å². The molecule has 0 aliphatic carbocycles. The molecular formula is C23H46O5. The molecule has 0 radical (unpaired) electrons. The first-order chi connectivity index (χ1) is 12.8. The first-order valence-corrected chi connectivity index (χ1v) is 10.7. The SMILES string of the molecule is CC(C)CCOC(COC(C)(C)C)COC(C)(C)CCOC(C)(C)CCC=O. The van der Waals surface area contributed by atoms with Gasteiger partial charge < -0.3 is 23.7 Å². The van der Waals surface area contributed by atoms with Gasteiger partial charge in [0.15, 0.2) is 0 Å². The molecule has 0 amide bonds. The molecule has 0 aliphatic heterocycles. The fourth-order valence-electron chi connectivity index (χ4n) is 2.40. The Morgan fingerprint density at radius 1 is 0.786 bits per heavy atom. The highest BCUT2D eigenvalue weighted by molar-refractivity contribution is 5.49. The Hall–Kier alpha value is -0.490. The van der Waals surface area contributed by atoms with Gasteiger partial charge in [0.25, 0.3) is 0 Å². The Labute approximate surface area is 173 Å². The summed E-state index contributed by atoms with van der Waals surface area (Å²) < 4.78 is 24.1. The molecule has 0 saturated heterocycles. The third kappa shape index (κ3) is 16.5. The molecular weight excluding hydrogens is 356 g/mol. The van der Waals surface area contributed by atoms with Gasteiger partial charge in [-0.05, 0) is 73.6 Å². The maximum Gasteiger partial charge on any atom is 0.120 e. The molecule has 0 heterocycles. The molecule has 0 spiro atoms. The summed E-state index contributed by atoms with van der Waals surface area (Å²) in [5.41, 5.74) is -0.807. The lowest BCUT2D eigenvalue weighted by Crippen LogP contribution is -2.37. The molecule has 5 nitrogen and oxygen atoms in total. The Balaban J connectivity index is 4.45. The normalized spacial score (nSPS) is 14.5. The third-order valence-electron chi connectivity index (χ3n) is 4.47. The van der Waals surface area contributed by atoms with E-state index < -0.39 is 0 Å². The molecule has 0 rings (SSSR count). The molecule has 0 fully saturated rings. The minimum Gasteiger partial charge on any atom is -0.375 e. The van der Waals surface area contributed by atoms with Gasteiger partial charge in [0, 0.05) is 13.0 Å². The van der Waals surface area contributed by atoms with E-state index in [9.17, 15) is 4.79 Å². The number of hydrogen-bond acceptors (Lipinski definition) is 5. The van der Waals surface area contributed by atoms with Crippen LogP contribution in [0.25, 0.3) is 0 Å². The van der Waals surface area contributed by atoms with Crippen molar-refractivity contribution in [2.75, 3.05) is 26.4 Å². The van der Waals surface area contributed by atoms with Crippen LogP contribution in [0.5, 0.6) is 0 Å². The molecule has 0 aliphatic rings. The Morgan fingerprint density at radius 2 is 1.36 bits per heavy atom. The average Bonchev–Trinajstić information content (AvgIpc) is 2.53. The zero-order chi connectivity index (χ0) is 21.8. The minimum atomic E-state index is -0.317. The average molecular weight is 403 g/mol. The van der Waals surface area contributed by atoms with Crippen LogP contribution < -0.4 is 0 Å². The van der Waals surface area contributed by atoms with Crippen LogP contribution in [0.1, 0.15) is 88.0 Å². The van der Waals surface area contributed by atoms with E-state index in [1.807, 2.05) is 34.6 Å². The summed E-state index contributed by atoms with van der Waals surface area (Å²) in [4.78, 5) is 10.6. The summed E-state index contributed by atoms with van der Waals surface area (Å²) in [7, 11) is 0. The topological polar surface area (TPSA) is 54.0 Å². The monoisotopic (exact) mass is 402 g/mol. The lowest BCUT2D eigenvalue weighted by molar-refractivity contribution is -0.133. The van der Waals surface area contributed by atoms with Gasteiger partial charge in [-0.25, -0.2) is 0 Å². The van der Waals surface area contributed by atoms with E-state index in [0.29, 0.717) is 38.8 Å². The summed E-state index contributed by atoms with van der Waals surface area (Å²) in [6.45, 7) is 21.0. The van der Waals surface area contributed by atoms with E-state index in [-0.39, 0.29) is 22.9 Å². The zero-order valence-corrected chi connectivity index (χ0v) is 19.9. The molecule has 0 aromatic heterocycles. The summed E-state index contributed by atoms with van der Waals surface area (Å²) in [6.07, 6.45) is 3.92. The number of carbonyl (C=O) groups is 1. The highest BCUT2D eigenvalue weighted by atomic mass is 16.6. The molecule has 0 saturated carbocycles. The van der Waals surface area contributed by atoms with E-state index in [0.717, 1.165) is 25.5 Å². The zero-order valence-electron chi connectivity index (χ0n) is 19.9. The summed E-state index contributed by atoms with van der Waals surface area (Å²) in [5, 5.41) is 0. The van der Waals surface area contributed by atoms with E-state index in [1.165, 1.54) is 0 Å². The lowest BCUT2D eigenvalue weighted by Gasteiger charge is -2.31. The van der Waals surface area contributed by atoms with Crippen LogP contribution in [0.2, 0.25) is 0 Å². The van der Waals surface area contributed by atoms with Gasteiger partial charge in [-0.15, -0.1) is 0 Å². The van der Waals surface area contributed by atoms with E-state index >= 15 is 0 Å². The lowest BCUT2D eigenvalue weighted by atomic mass is 10.0. The third-order valence-corrected chi connectivity index (χ3v) is 4.47. The van der Waals surface area contributed by atoms with Crippen molar-refractivity contribution in [2.45, 2.75) is 111 Å². The van der Waals surface area contributed by atoms with Crippen LogP contribution in [0.4, 0.5) is 0 Å². The highest BCUT2D eigenvalue weighted by Crippen LogP contribution is 2.21. The molecule has 0 N–H and O–H groups in total. The maximum atomic E-state index is 10.6. The number of carbonyl (C=O) groups excluding carboxylic acids is 1. The van der Waals surface area contributed by atoms with Crippen LogP contribution in [-0.2, 0) is 23.7 Å². The molecule has 0 aromatic carbocycles. The van der Waals surface area contributed by atoms with Crippen LogP contribution >= 0.6 is 0 Å². The quantitative estimate of drug-likeness (QED) is 0.332. The van der Waals surface area contributed by atoms with Gasteiger partial charge in [0.05, 0.1) is 36.6 Å². The largest absolute Gasteiger partial charge is 0.375 e. The van der Waals surface area contributed by atoms with E-state index in [1.54, 1.807) is 0 Å². The van der Waals surface area contributed by atoms with Gasteiger partial charge in [0.2, 0.25) is 0 Å². The second-order valence-electron chi connectivity index (χ2n) is 10.2. The van der Waals surface area contributed by atoms with E-state index in [4.69, 9.17) is 18.9 Å². The summed E-state index contributed by atoms with van der Waals surface area (Å²) >= 11 is 0. The number of aldehydes is 1. The van der Waals surface area contributed by atoms with Crippen LogP contribution in [0.15, 0.2) is 0 Å². The Kier molecular flexibility index (Phi) is 12.7. The van der Waals surface area contributed by atoms with Gasteiger partial charge >= 0.3 is 0 Å². The molecule has 1 atom stereocenters. The fraction of sp³-hybridized carbons (Fsp3) is 0.957. The smallest absolute Gasteiger partial charge is 0.120 e. The van der Waals surface area contributed by atoms with Crippen molar-refractivity contribution in [3.8, 4) is 0 Å². The van der Waals surface area contributed by atoms with E-state index in [2.05, 4.69) is 27.7 Å². The van der Waals surface area contributed by atoms with Gasteiger partial charge in [-0.3, -0.25) is 0 Å². The maximum absolute atomic E-state index is 10.6. The number of ether oxygens (including phenoxy) is 4. The Bertz CT molecular complexity index is 410. The van der Waals surface area contributed by atoms with Gasteiger partial charge in [0.1, 0.15) is 12.4 Å². The second kappa shape index (κ2) is 12.9. The van der Waals surface area contributed by atoms with Crippen molar-refractivity contribution < 1.29 is 23.7 Å². The predicted molar refractivity (Wildman–Crippen MR) is 115 cm³/mol. The molecule has 0 bridgehead atoms. The standard InChI is InChI=1S/C23H46O5/c1-19(2)11-15-25-20(17-27-21(3,4)5)18-28-23(8,9)13-16-26-22(6,7)12-10-14-24/h14,19-20H,10-13,15-18H2,1-9H3. The minimum absolute atomic E-state index is 0.0813. The van der Waals surface area contributed by atoms with Crippen molar-refractivity contribution in [1.82, 2.24) is 0 Å². The molecule has 1 unspecified atom stereocenters. The van der Waals surface area contributed by atoms with Crippen molar-refractivity contribution in [1.29, 1.82) is 0 Å². The van der Waals surface area contributed by atoms with Gasteiger partial charge in [-0.2, -0.15) is 0 Å². The Morgan fingerprint density at radius 3 is 1.89 bits per heavy atom. The van der Waals surface area contributed by atoms with Crippen molar-refractivity contribution in [3.63, 3.8) is 0 Å². The van der Waals surface area contributed by atoms with Crippen molar-refractivity contribution in [3.05, 3.63) is 0 Å². The fourth-order valence-corrected chi connectivity index (χ4v) is 2.40. The summed E-state index contributed by atoms with van der Waals surface area (Å²) in [5.74, 6) is 0.612. The predicted octanol–water partition coefficient (Wildman–Crippen LogP) is 5.19. The number of hydrogen-bond donors (Lipinski definition) is 0. The molecule has 5 heteroatoms. The second-order valence-corrected chi connectivity index (χ2v) is 10.2. The van der Waals surface area contributed by atoms with Crippen LogP contribution in [0.3, 0.4) is 0 Å². The molecule has 0 aromatic rings. The first kappa shape index (κ1) is 27.5. The van der Waals surface area contributed by atoms with Crippen molar-refractivity contribution in [2.24, 2.45) is 5.92 Å². The number of rotatable bonds is 16. The molecule has 28 heavy (non-hydrogen) atoms.